The first kappa shape index (κ1) is 60.6. The predicted molar refractivity (Wildman–Crippen MR) is 355 cm³/mol. The number of benzene rings is 12. The predicted octanol–water partition coefficient (Wildman–Crippen LogP) is 15.6. The van der Waals surface area contributed by atoms with Crippen LogP contribution in [0.5, 0.6) is 11.5 Å². The summed E-state index contributed by atoms with van der Waals surface area (Å²) < 4.78 is 124. The number of rotatable bonds is 18. The number of hydrogen-bond acceptors (Lipinski definition) is 10. The fourth-order valence-electron chi connectivity index (χ4n) is 11.8. The Kier molecular flexibility index (Phi) is 16.3. The molecule has 10 nitrogen and oxygen atoms in total. The van der Waals surface area contributed by atoms with Gasteiger partial charge in [-0.15, -0.1) is 0 Å². The van der Waals surface area contributed by atoms with Gasteiger partial charge in [0.2, 0.25) is 39.3 Å². The van der Waals surface area contributed by atoms with Gasteiger partial charge in [-0.3, -0.25) is 0 Å². The van der Waals surface area contributed by atoms with E-state index in [0.29, 0.717) is 11.5 Å². The van der Waals surface area contributed by atoms with Crippen LogP contribution >= 0.6 is 0 Å². The Balaban J connectivity index is 1.02. The maximum Gasteiger partial charge on any atom is 0.206 e. The van der Waals surface area contributed by atoms with Crippen LogP contribution in [0.1, 0.15) is 22.3 Å². The van der Waals surface area contributed by atoms with E-state index in [4.69, 9.17) is 9.47 Å². The van der Waals surface area contributed by atoms with Crippen molar-refractivity contribution in [3.63, 3.8) is 0 Å². The Morgan fingerprint density at radius 1 is 0.253 bits per heavy atom. The molecule has 0 unspecified atom stereocenters. The highest BCUT2D eigenvalue weighted by Gasteiger charge is 2.49. The highest BCUT2D eigenvalue weighted by Crippen LogP contribution is 2.58. The first-order chi connectivity index (χ1) is 44.0. The number of sulfone groups is 4. The molecular formula is C75H56O10S6+2. The molecule has 0 bridgehead atoms. The summed E-state index contributed by atoms with van der Waals surface area (Å²) in [5.41, 5.74) is 4.39. The molecule has 0 aliphatic heterocycles. The highest BCUT2D eigenvalue weighted by atomic mass is 32.2. The van der Waals surface area contributed by atoms with Gasteiger partial charge in [0.25, 0.3) is 0 Å². The van der Waals surface area contributed by atoms with Gasteiger partial charge >= 0.3 is 0 Å². The Morgan fingerprint density at radius 3 is 0.703 bits per heavy atom. The van der Waals surface area contributed by atoms with Crippen molar-refractivity contribution < 1.29 is 43.1 Å². The highest BCUT2D eigenvalue weighted by molar-refractivity contribution is 7.97. The van der Waals surface area contributed by atoms with Crippen molar-refractivity contribution in [2.75, 3.05) is 14.2 Å². The lowest BCUT2D eigenvalue weighted by Crippen LogP contribution is -2.29. The van der Waals surface area contributed by atoms with E-state index in [1.807, 2.05) is 72.8 Å². The van der Waals surface area contributed by atoms with E-state index >= 15 is 0 Å². The van der Waals surface area contributed by atoms with E-state index in [1.165, 1.54) is 0 Å². The summed E-state index contributed by atoms with van der Waals surface area (Å²) in [5.74, 6) is 1.28. The normalized spacial score (nSPS) is 12.9. The average molecular weight is 1310 g/mol. The minimum Gasteiger partial charge on any atom is -0.497 e. The van der Waals surface area contributed by atoms with Crippen molar-refractivity contribution in [1.29, 1.82) is 0 Å². The third-order valence-electron chi connectivity index (χ3n) is 16.3. The van der Waals surface area contributed by atoms with E-state index in [1.54, 1.807) is 184 Å². The van der Waals surface area contributed by atoms with E-state index < -0.39 is 66.6 Å². The average Bonchev–Trinajstić information content (AvgIpc) is 1.55. The van der Waals surface area contributed by atoms with Crippen molar-refractivity contribution in [2.24, 2.45) is 0 Å². The van der Waals surface area contributed by atoms with Crippen molar-refractivity contribution in [2.45, 2.75) is 74.0 Å². The minimum atomic E-state index is -3.90. The molecule has 0 saturated carbocycles. The Labute approximate surface area is 536 Å². The molecule has 450 valence electrons. The molecule has 1 aliphatic rings. The van der Waals surface area contributed by atoms with Crippen LogP contribution in [0.25, 0.3) is 11.1 Å². The van der Waals surface area contributed by atoms with Gasteiger partial charge < -0.3 is 9.47 Å². The summed E-state index contributed by atoms with van der Waals surface area (Å²) in [4.78, 5) is 5.94. The fourth-order valence-corrected chi connectivity index (χ4v) is 21.1. The van der Waals surface area contributed by atoms with Gasteiger partial charge in [0.15, 0.2) is 29.4 Å². The molecule has 91 heavy (non-hydrogen) atoms. The number of methoxy groups -OCH3 is 2. The Hall–Kier alpha value is -9.26. The van der Waals surface area contributed by atoms with Crippen LogP contribution in [0.3, 0.4) is 0 Å². The smallest absolute Gasteiger partial charge is 0.206 e. The van der Waals surface area contributed by atoms with Gasteiger partial charge in [-0.1, -0.05) is 97.1 Å². The number of fused-ring (bicyclic) bond motifs is 3. The molecule has 0 fully saturated rings. The zero-order valence-electron chi connectivity index (χ0n) is 48.9. The van der Waals surface area contributed by atoms with Crippen molar-refractivity contribution in [1.82, 2.24) is 0 Å². The van der Waals surface area contributed by atoms with Crippen LogP contribution in [-0.2, 0) is 66.6 Å². The first-order valence-electron chi connectivity index (χ1n) is 28.7. The van der Waals surface area contributed by atoms with E-state index in [-0.39, 0.29) is 39.2 Å². The van der Waals surface area contributed by atoms with Crippen LogP contribution in [0.2, 0.25) is 0 Å². The number of hydrogen-bond donors (Lipinski definition) is 0. The van der Waals surface area contributed by atoms with E-state index in [0.717, 1.165) is 62.8 Å². The minimum absolute atomic E-state index is 0.119. The van der Waals surface area contributed by atoms with Gasteiger partial charge in [-0.05, 0) is 240 Å². The summed E-state index contributed by atoms with van der Waals surface area (Å²) in [5, 5.41) is 0. The van der Waals surface area contributed by atoms with Crippen LogP contribution < -0.4 is 9.47 Å². The number of ether oxygens (including phenoxy) is 2. The lowest BCUT2D eigenvalue weighted by atomic mass is 9.67. The maximum atomic E-state index is 14.1. The summed E-state index contributed by atoms with van der Waals surface area (Å²) >= 11 is 0. The third-order valence-corrected chi connectivity index (χ3v) is 27.9. The molecule has 0 amide bonds. The molecule has 13 rings (SSSR count). The van der Waals surface area contributed by atoms with Crippen LogP contribution in [0, 0.1) is 0 Å². The molecule has 0 spiro atoms. The van der Waals surface area contributed by atoms with Gasteiger partial charge in [0.1, 0.15) is 11.5 Å². The van der Waals surface area contributed by atoms with E-state index in [9.17, 15) is 33.7 Å². The molecule has 0 aromatic heterocycles. The summed E-state index contributed by atoms with van der Waals surface area (Å²) in [6.07, 6.45) is 0. The van der Waals surface area contributed by atoms with Crippen molar-refractivity contribution >= 4 is 61.1 Å². The van der Waals surface area contributed by atoms with Crippen LogP contribution in [0.15, 0.2) is 372 Å². The van der Waals surface area contributed by atoms with Crippen LogP contribution in [-0.4, -0.2) is 47.9 Å². The molecule has 1 aliphatic carbocycles. The molecule has 12 aromatic carbocycles. The van der Waals surface area contributed by atoms with E-state index in [2.05, 4.69) is 60.7 Å². The quantitative estimate of drug-likeness (QED) is 0.0758. The molecule has 16 heteroatoms. The van der Waals surface area contributed by atoms with Gasteiger partial charge in [0.05, 0.1) is 80.6 Å². The SMILES string of the molecule is COc1ccc(C2(c3ccc(OC)cc3)c3cc([S+](c4ccc(S(=O)(=O)c5ccccc5)cc4)c4ccc(S(=O)(=O)c5ccccc5)cc4)ccc3-c3ccc([S+](c4ccc(S(=O)(=O)c5ccccc5)cc4)c4ccc(S(=O)(=O)c5ccccc5)cc4)cc32)cc1. The first-order valence-corrected chi connectivity index (χ1v) is 37.1. The summed E-state index contributed by atoms with van der Waals surface area (Å²) in [6, 6.07) is 89.6. The molecule has 0 N–H and O–H groups in total. The van der Waals surface area contributed by atoms with Crippen LogP contribution in [0.4, 0.5) is 0 Å². The zero-order chi connectivity index (χ0) is 63.1. The molecule has 0 atom stereocenters. The van der Waals surface area contributed by atoms with Gasteiger partial charge in [-0.2, -0.15) is 0 Å². The lowest BCUT2D eigenvalue weighted by molar-refractivity contribution is 0.414. The summed E-state index contributed by atoms with van der Waals surface area (Å²) in [6.45, 7) is 0. The second kappa shape index (κ2) is 24.5. The van der Waals surface area contributed by atoms with Gasteiger partial charge in [-0.25, -0.2) is 33.7 Å². The molecule has 12 aromatic rings. The second-order valence-corrected chi connectivity index (χ2v) is 33.2. The largest absolute Gasteiger partial charge is 0.497 e. The van der Waals surface area contributed by atoms with Crippen molar-refractivity contribution in [3.05, 3.63) is 326 Å². The molecular weight excluding hydrogens is 1250 g/mol. The van der Waals surface area contributed by atoms with Crippen molar-refractivity contribution in [3.8, 4) is 22.6 Å². The monoisotopic (exact) mass is 1310 g/mol. The van der Waals surface area contributed by atoms with Gasteiger partial charge in [0, 0.05) is 0 Å². The Bertz CT molecular complexity index is 4570. The Morgan fingerprint density at radius 2 is 0.473 bits per heavy atom. The zero-order valence-corrected chi connectivity index (χ0v) is 53.8. The molecule has 0 saturated heterocycles. The summed E-state index contributed by atoms with van der Waals surface area (Å²) in [7, 11) is -14.4. The fraction of sp³-hybridized carbons (Fsp3) is 0.0400. The lowest BCUT2D eigenvalue weighted by Gasteiger charge is -2.34. The second-order valence-electron chi connectivity index (χ2n) is 21.4. The molecule has 0 heterocycles. The standard InChI is InChI=1S/C75H56O10S6/c1-84-55-27-23-53(24-28-55)75(54-25-29-56(85-2)30-26-54)73-51-61(86(57-31-41-67(42-32-57)88(76,77)63-15-7-3-8-16-63)58-33-43-68(44-34-58)89(78,79)64-17-9-4-10-18-64)39-49-71(73)72-50-40-62(52-74(72)75)87(59-35-45-69(46-36-59)90(80,81)65-19-11-5-12-20-65)60-37-47-70(48-38-60)91(82,83)66-21-13-6-14-22-66/h3-52H,1-2H3/q+2. The molecule has 0 radical (unpaired) electrons. The maximum absolute atomic E-state index is 14.1. The topological polar surface area (TPSA) is 155 Å². The third kappa shape index (κ3) is 11.1.